The highest BCUT2D eigenvalue weighted by Gasteiger charge is 2.18. The van der Waals surface area contributed by atoms with E-state index in [1.165, 1.54) is 11.8 Å². The van der Waals surface area contributed by atoms with Gasteiger partial charge in [-0.25, -0.2) is 9.97 Å². The Morgan fingerprint density at radius 3 is 2.70 bits per heavy atom. The minimum absolute atomic E-state index is 0.0191. The van der Waals surface area contributed by atoms with Gasteiger partial charge in [0.15, 0.2) is 0 Å². The molecule has 0 radical (unpaired) electrons. The predicted octanol–water partition coefficient (Wildman–Crippen LogP) is 4.43. The van der Waals surface area contributed by atoms with Crippen LogP contribution < -0.4 is 5.32 Å². The van der Waals surface area contributed by atoms with Crippen molar-refractivity contribution in [2.24, 2.45) is 0 Å². The van der Waals surface area contributed by atoms with Crippen molar-refractivity contribution in [2.45, 2.75) is 31.0 Å². The average molecular weight is 343 g/mol. The van der Waals surface area contributed by atoms with Crippen LogP contribution in [0.25, 0.3) is 10.2 Å². The van der Waals surface area contributed by atoms with E-state index in [4.69, 9.17) is 0 Å². The molecule has 23 heavy (non-hydrogen) atoms. The van der Waals surface area contributed by atoms with Crippen LogP contribution >= 0.6 is 23.1 Å². The molecule has 1 amide bonds. The second kappa shape index (κ2) is 6.68. The first-order valence-corrected chi connectivity index (χ1v) is 9.04. The van der Waals surface area contributed by atoms with E-state index in [2.05, 4.69) is 15.3 Å². The molecule has 4 nitrogen and oxygen atoms in total. The van der Waals surface area contributed by atoms with Gasteiger partial charge in [-0.2, -0.15) is 0 Å². The molecule has 0 unspecified atom stereocenters. The molecule has 1 atom stereocenters. The van der Waals surface area contributed by atoms with Crippen LogP contribution in [0, 0.1) is 13.8 Å². The monoisotopic (exact) mass is 343 g/mol. The zero-order valence-electron chi connectivity index (χ0n) is 13.2. The Morgan fingerprint density at radius 1 is 1.22 bits per heavy atom. The topological polar surface area (TPSA) is 54.9 Å². The van der Waals surface area contributed by atoms with Gasteiger partial charge in [0.05, 0.1) is 5.25 Å². The molecule has 118 valence electrons. The quantitative estimate of drug-likeness (QED) is 0.562. The van der Waals surface area contributed by atoms with Crippen molar-refractivity contribution in [3.63, 3.8) is 0 Å². The summed E-state index contributed by atoms with van der Waals surface area (Å²) in [5.74, 6) is -0.0191. The number of amides is 1. The average Bonchev–Trinajstić information content (AvgIpc) is 3.00. The lowest BCUT2D eigenvalue weighted by atomic mass is 10.1. The Labute approximate surface area is 143 Å². The summed E-state index contributed by atoms with van der Waals surface area (Å²) in [6.45, 7) is 5.90. The molecule has 0 aliphatic heterocycles. The summed E-state index contributed by atoms with van der Waals surface area (Å²) in [4.78, 5) is 22.0. The summed E-state index contributed by atoms with van der Waals surface area (Å²) in [5.41, 5.74) is 3.03. The maximum absolute atomic E-state index is 12.5. The number of para-hydroxylation sites is 1. The number of thioether (sulfide) groups is 1. The Kier molecular flexibility index (Phi) is 4.63. The van der Waals surface area contributed by atoms with E-state index in [-0.39, 0.29) is 11.2 Å². The van der Waals surface area contributed by atoms with Crippen LogP contribution in [0.3, 0.4) is 0 Å². The fourth-order valence-corrected chi connectivity index (χ4v) is 4.02. The van der Waals surface area contributed by atoms with Gasteiger partial charge in [-0.1, -0.05) is 30.0 Å². The van der Waals surface area contributed by atoms with Crippen LogP contribution in [0.5, 0.6) is 0 Å². The number of aryl methyl sites for hydroxylation is 2. The van der Waals surface area contributed by atoms with Crippen LogP contribution in [0.2, 0.25) is 0 Å². The van der Waals surface area contributed by atoms with E-state index in [1.54, 1.807) is 17.7 Å². The number of hydrogen-bond acceptors (Lipinski definition) is 5. The number of aromatic nitrogens is 2. The fraction of sp³-hybridized carbons (Fsp3) is 0.235. The number of carbonyl (C=O) groups excluding carboxylic acids is 1. The van der Waals surface area contributed by atoms with Crippen molar-refractivity contribution < 1.29 is 4.79 Å². The van der Waals surface area contributed by atoms with Crippen molar-refractivity contribution in [1.82, 2.24) is 9.97 Å². The molecule has 0 saturated carbocycles. The number of carbonyl (C=O) groups is 1. The summed E-state index contributed by atoms with van der Waals surface area (Å²) in [5, 5.41) is 6.64. The van der Waals surface area contributed by atoms with Crippen molar-refractivity contribution in [2.75, 3.05) is 5.32 Å². The normalized spacial score (nSPS) is 12.3. The highest BCUT2D eigenvalue weighted by molar-refractivity contribution is 8.00. The molecule has 0 aliphatic rings. The third kappa shape index (κ3) is 3.38. The summed E-state index contributed by atoms with van der Waals surface area (Å²) >= 11 is 3.04. The maximum atomic E-state index is 12.5. The molecule has 0 aliphatic carbocycles. The van der Waals surface area contributed by atoms with Gasteiger partial charge in [0, 0.05) is 11.1 Å². The second-order valence-corrected chi connectivity index (χ2v) is 7.56. The molecule has 1 N–H and O–H groups in total. The minimum atomic E-state index is -0.244. The zero-order valence-corrected chi connectivity index (χ0v) is 14.8. The second-order valence-electron chi connectivity index (χ2n) is 5.33. The number of thiophene rings is 1. The van der Waals surface area contributed by atoms with Gasteiger partial charge in [0.1, 0.15) is 16.2 Å². The van der Waals surface area contributed by atoms with E-state index < -0.39 is 0 Å². The van der Waals surface area contributed by atoms with Crippen LogP contribution in [0.1, 0.15) is 18.1 Å². The van der Waals surface area contributed by atoms with Gasteiger partial charge in [0.25, 0.3) is 0 Å². The van der Waals surface area contributed by atoms with E-state index in [9.17, 15) is 4.79 Å². The number of hydrogen-bond donors (Lipinski definition) is 1. The Morgan fingerprint density at radius 2 is 1.96 bits per heavy atom. The lowest BCUT2D eigenvalue weighted by molar-refractivity contribution is -0.115. The van der Waals surface area contributed by atoms with Crippen LogP contribution in [-0.4, -0.2) is 21.1 Å². The van der Waals surface area contributed by atoms with Gasteiger partial charge in [-0.05, 0) is 43.3 Å². The van der Waals surface area contributed by atoms with E-state index in [0.717, 1.165) is 32.1 Å². The molecule has 2 heterocycles. The van der Waals surface area contributed by atoms with Gasteiger partial charge in [-0.3, -0.25) is 4.79 Å². The summed E-state index contributed by atoms with van der Waals surface area (Å²) in [6.07, 6.45) is 1.55. The minimum Gasteiger partial charge on any atom is -0.325 e. The molecular weight excluding hydrogens is 326 g/mol. The third-order valence-electron chi connectivity index (χ3n) is 3.61. The molecule has 3 rings (SSSR count). The molecule has 0 fully saturated rings. The summed E-state index contributed by atoms with van der Waals surface area (Å²) < 4.78 is 0. The first-order chi connectivity index (χ1) is 11.1. The van der Waals surface area contributed by atoms with Gasteiger partial charge in [-0.15, -0.1) is 11.3 Å². The van der Waals surface area contributed by atoms with Gasteiger partial charge < -0.3 is 5.32 Å². The first kappa shape index (κ1) is 16.0. The number of nitrogens with one attached hydrogen (secondary N) is 1. The van der Waals surface area contributed by atoms with E-state index in [0.29, 0.717) is 0 Å². The molecule has 0 bridgehead atoms. The summed E-state index contributed by atoms with van der Waals surface area (Å²) in [6, 6.07) is 7.99. The summed E-state index contributed by atoms with van der Waals surface area (Å²) in [7, 11) is 0. The number of fused-ring (bicyclic) bond motifs is 1. The third-order valence-corrected chi connectivity index (χ3v) is 5.55. The van der Waals surface area contributed by atoms with Gasteiger partial charge >= 0.3 is 0 Å². The highest BCUT2D eigenvalue weighted by Crippen LogP contribution is 2.31. The lowest BCUT2D eigenvalue weighted by Crippen LogP contribution is -2.23. The highest BCUT2D eigenvalue weighted by atomic mass is 32.2. The van der Waals surface area contributed by atoms with Crippen molar-refractivity contribution in [3.8, 4) is 0 Å². The standard InChI is InChI=1S/C17H17N3OS2/c1-10-5-4-6-11(2)14(10)20-15(21)12(3)23-17-13-7-8-22-16(13)18-9-19-17/h4-9,12H,1-3H3,(H,20,21)/t12-/m1/s1. The number of benzene rings is 1. The SMILES string of the molecule is Cc1cccc(C)c1NC(=O)[C@@H](C)Sc1ncnc2sccc12. The van der Waals surface area contributed by atoms with Crippen LogP contribution in [0.4, 0.5) is 5.69 Å². The zero-order chi connectivity index (χ0) is 16.4. The smallest absolute Gasteiger partial charge is 0.237 e. The van der Waals surface area contributed by atoms with Gasteiger partial charge in [0.2, 0.25) is 5.91 Å². The Bertz CT molecular complexity index is 840. The lowest BCUT2D eigenvalue weighted by Gasteiger charge is -2.15. The maximum Gasteiger partial charge on any atom is 0.237 e. The largest absolute Gasteiger partial charge is 0.325 e. The molecule has 3 aromatic rings. The van der Waals surface area contributed by atoms with Crippen molar-refractivity contribution in [3.05, 3.63) is 47.1 Å². The van der Waals surface area contributed by atoms with E-state index >= 15 is 0 Å². The molecule has 6 heteroatoms. The molecule has 0 spiro atoms. The number of nitrogens with zero attached hydrogens (tertiary/aromatic N) is 2. The Balaban J connectivity index is 1.77. The Hall–Kier alpha value is -1.92. The number of anilines is 1. The first-order valence-electron chi connectivity index (χ1n) is 7.28. The van der Waals surface area contributed by atoms with Crippen molar-refractivity contribution in [1.29, 1.82) is 0 Å². The van der Waals surface area contributed by atoms with E-state index in [1.807, 2.05) is 50.4 Å². The fourth-order valence-electron chi connectivity index (χ4n) is 2.32. The molecular formula is C17H17N3OS2. The number of rotatable bonds is 4. The molecule has 2 aromatic heterocycles. The molecule has 0 saturated heterocycles. The molecule has 1 aromatic carbocycles. The van der Waals surface area contributed by atoms with Crippen molar-refractivity contribution >= 4 is 44.9 Å². The predicted molar refractivity (Wildman–Crippen MR) is 97.3 cm³/mol. The van der Waals surface area contributed by atoms with Crippen LogP contribution in [-0.2, 0) is 4.79 Å². The van der Waals surface area contributed by atoms with Crippen LogP contribution in [0.15, 0.2) is 41.0 Å².